The van der Waals surface area contributed by atoms with Gasteiger partial charge in [-0.15, -0.1) is 0 Å². The lowest BCUT2D eigenvalue weighted by Gasteiger charge is -2.21. The normalized spacial score (nSPS) is 10.9. The molecule has 0 atom stereocenters. The van der Waals surface area contributed by atoms with Gasteiger partial charge in [0, 0.05) is 93.8 Å². The van der Waals surface area contributed by atoms with Crippen molar-refractivity contribution in [1.82, 2.24) is 41.9 Å². The molecule has 9 aromatic heterocycles. The minimum Gasteiger partial charge on any atom is -0.461 e. The largest absolute Gasteiger partial charge is 0.461 e. The van der Waals surface area contributed by atoms with Crippen LogP contribution in [-0.2, 0) is 59.3 Å². The molecule has 774 valence electrons. The van der Waals surface area contributed by atoms with Crippen LogP contribution in [0, 0.1) is 77.8 Å². The number of aromatic nitrogens is 9. The van der Waals surface area contributed by atoms with Crippen molar-refractivity contribution in [1.29, 1.82) is 10.5 Å². The molecule has 0 amide bonds. The van der Waals surface area contributed by atoms with Gasteiger partial charge < -0.3 is 63.1 Å². The van der Waals surface area contributed by atoms with Crippen molar-refractivity contribution in [3.05, 3.63) is 321 Å². The second-order valence-electron chi connectivity index (χ2n) is 36.1. The Morgan fingerprint density at radius 2 is 0.719 bits per heavy atom. The van der Waals surface area contributed by atoms with Crippen LogP contribution >= 0.6 is 0 Å². The van der Waals surface area contributed by atoms with Crippen LogP contribution in [-0.4, -0.2) is 141 Å². The Morgan fingerprint density at radius 3 is 1.07 bits per heavy atom. The molecular weight excluding hydrogens is 1910 g/mol. The second kappa shape index (κ2) is 51.0. The molecule has 0 radical (unpaired) electrons. The molecule has 0 aliphatic carbocycles. The lowest BCUT2D eigenvalue weighted by Crippen LogP contribution is -2.29. The molecule has 6 aromatic carbocycles. The summed E-state index contributed by atoms with van der Waals surface area (Å²) in [4.78, 5) is 145. The number of benzene rings is 6. The number of rotatable bonds is 12. The summed E-state index contributed by atoms with van der Waals surface area (Å²) in [6.07, 6.45) is 1.98. The number of pyridine rings is 3. The maximum absolute atomic E-state index is 13.6. The number of nitrogens with two attached hydrogens (primary N) is 1. The van der Waals surface area contributed by atoms with Crippen LogP contribution in [0.2, 0.25) is 0 Å². The van der Waals surface area contributed by atoms with Crippen molar-refractivity contribution < 1.29 is 108 Å². The van der Waals surface area contributed by atoms with Gasteiger partial charge in [0.05, 0.1) is 99.6 Å². The lowest BCUT2D eigenvalue weighted by molar-refractivity contribution is -0.386. The van der Waals surface area contributed by atoms with E-state index in [4.69, 9.17) is 49.4 Å². The number of nitriles is 2. The number of carbonyl (C=O) groups excluding carboxylic acids is 7. The number of fused-ring (bicyclic) bond motifs is 6. The summed E-state index contributed by atoms with van der Waals surface area (Å²) in [5.74, 6) is -3.45. The van der Waals surface area contributed by atoms with E-state index >= 15 is 0 Å². The highest BCUT2D eigenvalue weighted by atomic mass is 19.1. The summed E-state index contributed by atoms with van der Waals surface area (Å²) < 4.78 is 125. The van der Waals surface area contributed by atoms with Gasteiger partial charge in [-0.1, -0.05) is 14.4 Å². The van der Waals surface area contributed by atoms with Gasteiger partial charge in [0.25, 0.3) is 5.56 Å². The van der Waals surface area contributed by atoms with Crippen LogP contribution in [0.5, 0.6) is 0 Å². The van der Waals surface area contributed by atoms with E-state index in [0.29, 0.717) is 95.7 Å². The van der Waals surface area contributed by atoms with Gasteiger partial charge in [0.15, 0.2) is 0 Å². The number of hydrogen-bond acceptors (Lipinski definition) is 25. The summed E-state index contributed by atoms with van der Waals surface area (Å²) in [6, 6.07) is 46.0. The highest BCUT2D eigenvalue weighted by molar-refractivity contribution is 6.02. The molecule has 0 bridgehead atoms. The Balaban J connectivity index is 0.000000261. The summed E-state index contributed by atoms with van der Waals surface area (Å²) in [5, 5.41) is 48.3. The molecule has 146 heavy (non-hydrogen) atoms. The third-order valence-corrected chi connectivity index (χ3v) is 19.0. The predicted octanol–water partition coefficient (Wildman–Crippen LogP) is 22.4. The average Bonchev–Trinajstić information content (AvgIpc) is 1.44. The molecule has 5 N–H and O–H groups in total. The SMILES string of the molecule is C.CC#N.CC#N.CC(C)(C)OC(=O)n1c(CO)cc2cc(F)ccc21.CC(C)(C)OC(=O)n1c(Cn2cccc(N)c2=O)cc2cc(F)ccc21.CC(C)(C)OC(=O)n1c(Cn2cccc([N+](=O)[O-])c2=O)cc2cc(F)ccc21.CCOC(=O)c1cc2cc(F)ccc2[nH]1.CCOC(=O)c1cc2cc(F)ccc2n1C(=O)OC(C)(C)C.CCc1cc2cc(F)ccc2n1C(=O)OC(C)(C)C.O=c1[nH]cccc1[N+](=O)[O-]. The van der Waals surface area contributed by atoms with Gasteiger partial charge in [-0.25, -0.2) is 82.7 Å². The summed E-state index contributed by atoms with van der Waals surface area (Å²) in [6.45, 7) is 34.7. The zero-order valence-electron chi connectivity index (χ0n) is 83.1. The van der Waals surface area contributed by atoms with E-state index in [1.54, 1.807) is 158 Å². The number of ether oxygens (including phenoxy) is 7. The van der Waals surface area contributed by atoms with Crippen LogP contribution < -0.4 is 22.4 Å². The summed E-state index contributed by atoms with van der Waals surface area (Å²) in [7, 11) is 0. The predicted molar refractivity (Wildman–Crippen MR) is 537 cm³/mol. The Kier molecular flexibility index (Phi) is 41.0. The number of H-pyrrole nitrogens is 2. The molecule has 0 aliphatic heterocycles. The van der Waals surface area contributed by atoms with Crippen LogP contribution in [0.4, 0.5) is 67.4 Å². The number of anilines is 1. The standard InChI is InChI=1S/C19H18FN3O5.C19H20FN3O3.C16H18FNO4.C15H18FNO2.C14H16FNO3.C11H10FNO2.C5H4N2O3.2C2H3N.CH4/c1-19(2,3)28-18(25)22-14(10-12-9-13(20)6-7-15(12)22)11-21-8-4-5-16(17(21)24)23(26)27;1-19(2,3)26-18(25)23-14(10-12-9-13(20)6-7-16(12)23)11-22-8-4-5-15(21)17(22)24;1-5-21-14(19)13-9-10-8-11(17)6-7-12(10)18(13)15(20)22-16(2,3)4;1-5-12-9-10-8-11(16)6-7-13(10)17(12)14(18)19-15(2,3)4;1-14(2,3)19-13(18)16-11(8-17)7-9-6-10(15)4-5-12(9)16;1-2-15-11(14)10-6-7-5-8(12)3-4-9(7)13-10;8-5-4(7(9)10)2-1-3-6-5;2*1-2-3;/h4-10H,11H2,1-3H3;4-10H,11,21H2,1-3H3;6-9H,5H2,1-4H3;6-9H,5H2,1-4H3;4-7,17H,8H2,1-3H3;3-6,13H,2H2,1H3;1-3H,(H,6,8);2*1H3;1H4. The molecule has 15 rings (SSSR count). The molecule has 36 nitrogen and oxygen atoms in total. The number of halogens is 6. The third-order valence-electron chi connectivity index (χ3n) is 19.0. The number of carbonyl (C=O) groups is 7. The van der Waals surface area contributed by atoms with Gasteiger partial charge in [0.2, 0.25) is 0 Å². The van der Waals surface area contributed by atoms with Crippen molar-refractivity contribution in [2.24, 2.45) is 0 Å². The number of hydrogen-bond donors (Lipinski definition) is 4. The quantitative estimate of drug-likeness (QED) is 0.0290. The molecule has 42 heteroatoms. The van der Waals surface area contributed by atoms with Gasteiger partial charge in [-0.05, 0) is 294 Å². The fourth-order valence-corrected chi connectivity index (χ4v) is 13.5. The third kappa shape index (κ3) is 33.0. The number of esters is 2. The zero-order valence-corrected chi connectivity index (χ0v) is 83.1. The molecule has 9 heterocycles. The van der Waals surface area contributed by atoms with Crippen molar-refractivity contribution in [2.75, 3.05) is 18.9 Å². The zero-order chi connectivity index (χ0) is 108. The molecular formula is C104H114F6N14O22. The molecule has 0 spiro atoms. The van der Waals surface area contributed by atoms with Gasteiger partial charge >= 0.3 is 64.9 Å². The van der Waals surface area contributed by atoms with Gasteiger partial charge in [0.1, 0.15) is 74.3 Å². The topological polar surface area (TPSA) is 482 Å². The summed E-state index contributed by atoms with van der Waals surface area (Å²) >= 11 is 0. The molecule has 0 fully saturated rings. The molecule has 0 unspecified atom stereocenters. The number of aliphatic hydroxyl groups excluding tert-OH is 1. The summed E-state index contributed by atoms with van der Waals surface area (Å²) in [5.41, 5.74) is 5.13. The van der Waals surface area contributed by atoms with Gasteiger partial charge in [-0.2, -0.15) is 10.5 Å². The van der Waals surface area contributed by atoms with Crippen LogP contribution in [0.15, 0.2) is 215 Å². The smallest absolute Gasteiger partial charge is 0.419 e. The number of nitro groups is 2. The highest BCUT2D eigenvalue weighted by Crippen LogP contribution is 2.31. The maximum Gasteiger partial charge on any atom is 0.419 e. The fourth-order valence-electron chi connectivity index (χ4n) is 13.5. The first-order chi connectivity index (χ1) is 67.8. The van der Waals surface area contributed by atoms with Crippen molar-refractivity contribution in [3.63, 3.8) is 0 Å². The van der Waals surface area contributed by atoms with E-state index in [2.05, 4.69) is 9.97 Å². The number of aliphatic hydroxyl groups is 1. The molecule has 0 saturated carbocycles. The number of nitrogens with one attached hydrogen (secondary N) is 2. The Hall–Kier alpha value is -17.2. The fraction of sp³-hybridized carbons (Fsp3) is 0.308. The molecule has 0 saturated heterocycles. The van der Waals surface area contributed by atoms with E-state index in [9.17, 15) is 99.6 Å². The number of aromatic amines is 2. The average molecular weight is 2030 g/mol. The number of nitrogen functional groups attached to an aromatic ring is 1. The van der Waals surface area contributed by atoms with Crippen LogP contribution in [0.1, 0.15) is 190 Å². The van der Waals surface area contributed by atoms with Gasteiger partial charge in [-0.3, -0.25) is 34.6 Å². The first-order valence-electron chi connectivity index (χ1n) is 44.5. The Morgan fingerprint density at radius 1 is 0.411 bits per heavy atom. The lowest BCUT2D eigenvalue weighted by atomic mass is 10.2. The maximum atomic E-state index is 13.6. The molecule has 15 aromatic rings. The number of aryl methyl sites for hydroxylation is 1. The van der Waals surface area contributed by atoms with E-state index in [1.807, 2.05) is 33.8 Å². The van der Waals surface area contributed by atoms with E-state index < -0.39 is 126 Å². The number of nitrogens with zero attached hydrogens (tertiary/aromatic N) is 11. The van der Waals surface area contributed by atoms with Crippen molar-refractivity contribution in [2.45, 2.75) is 200 Å². The Bertz CT molecular complexity index is 7430. The van der Waals surface area contributed by atoms with Crippen molar-refractivity contribution in [3.8, 4) is 12.1 Å². The first kappa shape index (κ1) is 118. The second-order valence-corrected chi connectivity index (χ2v) is 36.1. The minimum absolute atomic E-state index is 0. The minimum atomic E-state index is -0.806. The monoisotopic (exact) mass is 2020 g/mol. The van der Waals surface area contributed by atoms with E-state index in [-0.39, 0.29) is 62.3 Å². The van der Waals surface area contributed by atoms with E-state index in [1.165, 1.54) is 170 Å². The Labute approximate surface area is 833 Å². The van der Waals surface area contributed by atoms with Crippen molar-refractivity contribution >= 4 is 125 Å². The molecule has 0 aliphatic rings. The van der Waals surface area contributed by atoms with Crippen LogP contribution in [0.25, 0.3) is 65.4 Å². The van der Waals surface area contributed by atoms with E-state index in [0.717, 1.165) is 32.5 Å². The van der Waals surface area contributed by atoms with Crippen LogP contribution in [0.3, 0.4) is 0 Å². The highest BCUT2D eigenvalue weighted by Gasteiger charge is 2.31. The first-order valence-corrected chi connectivity index (χ1v) is 44.5.